The molecule has 1 aromatic heterocycles. The third-order valence-electron chi connectivity index (χ3n) is 2.63. The second-order valence-corrected chi connectivity index (χ2v) is 5.10. The fourth-order valence-electron chi connectivity index (χ4n) is 1.52. The fraction of sp³-hybridized carbons (Fsp3) is 0.154. The average Bonchev–Trinajstić information content (AvgIpc) is 2.77. The van der Waals surface area contributed by atoms with Crippen LogP contribution in [0.1, 0.15) is 18.4 Å². The standard InChI is InChI=1S/C13H11ClO2S/c1-8(13(15)16)9-6-12(17-7-9)10-4-2-3-5-11(10)14/h2-8H,1H3,(H,15,16). The van der Waals surface area contributed by atoms with Crippen molar-refractivity contribution >= 4 is 28.9 Å². The van der Waals surface area contributed by atoms with Crippen LogP contribution in [0.3, 0.4) is 0 Å². The van der Waals surface area contributed by atoms with Crippen LogP contribution in [0.4, 0.5) is 0 Å². The third-order valence-corrected chi connectivity index (χ3v) is 3.94. The number of aliphatic carboxylic acids is 1. The lowest BCUT2D eigenvalue weighted by Gasteiger charge is -2.02. The van der Waals surface area contributed by atoms with Gasteiger partial charge in [-0.25, -0.2) is 0 Å². The van der Waals surface area contributed by atoms with Gasteiger partial charge in [0.2, 0.25) is 0 Å². The van der Waals surface area contributed by atoms with Gasteiger partial charge in [-0.3, -0.25) is 4.79 Å². The van der Waals surface area contributed by atoms with Gasteiger partial charge in [0.15, 0.2) is 0 Å². The second-order valence-electron chi connectivity index (χ2n) is 3.78. The van der Waals surface area contributed by atoms with Gasteiger partial charge in [0.1, 0.15) is 0 Å². The molecule has 0 aliphatic carbocycles. The van der Waals surface area contributed by atoms with Crippen LogP contribution in [0.2, 0.25) is 5.02 Å². The molecule has 0 aliphatic heterocycles. The van der Waals surface area contributed by atoms with E-state index in [-0.39, 0.29) is 0 Å². The molecule has 0 fully saturated rings. The van der Waals surface area contributed by atoms with E-state index in [4.69, 9.17) is 16.7 Å². The minimum atomic E-state index is -0.812. The first-order valence-corrected chi connectivity index (χ1v) is 6.41. The van der Waals surface area contributed by atoms with Crippen molar-refractivity contribution in [2.75, 3.05) is 0 Å². The lowest BCUT2D eigenvalue weighted by atomic mass is 10.0. The summed E-state index contributed by atoms with van der Waals surface area (Å²) < 4.78 is 0. The van der Waals surface area contributed by atoms with Crippen molar-refractivity contribution in [2.24, 2.45) is 0 Å². The first-order valence-electron chi connectivity index (χ1n) is 5.15. The van der Waals surface area contributed by atoms with Crippen LogP contribution in [-0.4, -0.2) is 11.1 Å². The van der Waals surface area contributed by atoms with Gasteiger partial charge in [-0.2, -0.15) is 0 Å². The molecule has 0 bridgehead atoms. The Balaban J connectivity index is 2.37. The monoisotopic (exact) mass is 266 g/mol. The van der Waals surface area contributed by atoms with Gasteiger partial charge in [-0.15, -0.1) is 11.3 Å². The molecule has 1 aromatic carbocycles. The summed E-state index contributed by atoms with van der Waals surface area (Å²) in [6.45, 7) is 1.68. The topological polar surface area (TPSA) is 37.3 Å². The summed E-state index contributed by atoms with van der Waals surface area (Å²) in [4.78, 5) is 11.9. The lowest BCUT2D eigenvalue weighted by molar-refractivity contribution is -0.138. The molecule has 1 N–H and O–H groups in total. The summed E-state index contributed by atoms with van der Waals surface area (Å²) in [6.07, 6.45) is 0. The highest BCUT2D eigenvalue weighted by Crippen LogP contribution is 2.34. The maximum absolute atomic E-state index is 10.9. The van der Waals surface area contributed by atoms with Gasteiger partial charge < -0.3 is 5.11 Å². The van der Waals surface area contributed by atoms with Gasteiger partial charge in [-0.05, 0) is 30.0 Å². The van der Waals surface area contributed by atoms with Crippen molar-refractivity contribution in [3.05, 3.63) is 46.3 Å². The number of hydrogen-bond acceptors (Lipinski definition) is 2. The van der Waals surface area contributed by atoms with Crippen LogP contribution in [0, 0.1) is 0 Å². The number of rotatable bonds is 3. The molecule has 1 heterocycles. The van der Waals surface area contributed by atoms with Gasteiger partial charge >= 0.3 is 5.97 Å². The van der Waals surface area contributed by atoms with Gasteiger partial charge in [0, 0.05) is 15.5 Å². The molecule has 1 atom stereocenters. The SMILES string of the molecule is CC(C(=O)O)c1csc(-c2ccccc2Cl)c1. The van der Waals surface area contributed by atoms with Crippen molar-refractivity contribution in [3.8, 4) is 10.4 Å². The molecule has 88 valence electrons. The zero-order valence-corrected chi connectivity index (χ0v) is 10.8. The quantitative estimate of drug-likeness (QED) is 0.901. The lowest BCUT2D eigenvalue weighted by Crippen LogP contribution is -2.05. The van der Waals surface area contributed by atoms with Gasteiger partial charge in [0.05, 0.1) is 5.92 Å². The van der Waals surface area contributed by atoms with Crippen molar-refractivity contribution in [2.45, 2.75) is 12.8 Å². The molecule has 0 spiro atoms. The van der Waals surface area contributed by atoms with Crippen LogP contribution >= 0.6 is 22.9 Å². The molecule has 0 radical (unpaired) electrons. The third kappa shape index (κ3) is 2.51. The summed E-state index contributed by atoms with van der Waals surface area (Å²) in [5.74, 6) is -1.30. The van der Waals surface area contributed by atoms with Crippen LogP contribution < -0.4 is 0 Å². The molecule has 1 unspecified atom stereocenters. The Kier molecular flexibility index (Phi) is 3.50. The van der Waals surface area contributed by atoms with E-state index in [0.29, 0.717) is 5.02 Å². The molecule has 0 saturated carbocycles. The molecule has 0 amide bonds. The number of carboxylic acid groups (broad SMARTS) is 1. The number of carbonyl (C=O) groups is 1. The normalized spacial score (nSPS) is 12.4. The van der Waals surface area contributed by atoms with Crippen LogP contribution in [0.25, 0.3) is 10.4 Å². The Hall–Kier alpha value is -1.32. The Morgan fingerprint density at radius 1 is 1.41 bits per heavy atom. The number of carboxylic acids is 1. The smallest absolute Gasteiger partial charge is 0.310 e. The maximum atomic E-state index is 10.9. The summed E-state index contributed by atoms with van der Waals surface area (Å²) in [5.41, 5.74) is 1.76. The zero-order valence-electron chi connectivity index (χ0n) is 9.18. The number of benzene rings is 1. The Bertz CT molecular complexity index is 548. The average molecular weight is 267 g/mol. The zero-order chi connectivity index (χ0) is 12.4. The number of halogens is 1. The molecule has 2 nitrogen and oxygen atoms in total. The van der Waals surface area contributed by atoms with Crippen molar-refractivity contribution in [3.63, 3.8) is 0 Å². The van der Waals surface area contributed by atoms with Crippen LogP contribution in [-0.2, 0) is 4.79 Å². The van der Waals surface area contributed by atoms with E-state index in [9.17, 15) is 4.79 Å². The number of hydrogen-bond donors (Lipinski definition) is 1. The van der Waals surface area contributed by atoms with Crippen molar-refractivity contribution in [1.29, 1.82) is 0 Å². The predicted molar refractivity (Wildman–Crippen MR) is 70.8 cm³/mol. The van der Waals surface area contributed by atoms with Crippen molar-refractivity contribution < 1.29 is 9.90 Å². The Labute approximate surface area is 108 Å². The fourth-order valence-corrected chi connectivity index (χ4v) is 2.86. The molecule has 17 heavy (non-hydrogen) atoms. The predicted octanol–water partition coefficient (Wildman–Crippen LogP) is 4.26. The minimum Gasteiger partial charge on any atom is -0.481 e. The highest BCUT2D eigenvalue weighted by molar-refractivity contribution is 7.13. The molecular weight excluding hydrogens is 256 g/mol. The first-order chi connectivity index (χ1) is 8.09. The largest absolute Gasteiger partial charge is 0.481 e. The summed E-state index contributed by atoms with van der Waals surface area (Å²) in [7, 11) is 0. The summed E-state index contributed by atoms with van der Waals surface area (Å²) >= 11 is 7.62. The number of thiophene rings is 1. The maximum Gasteiger partial charge on any atom is 0.310 e. The highest BCUT2D eigenvalue weighted by atomic mass is 35.5. The first kappa shape index (κ1) is 12.1. The van der Waals surface area contributed by atoms with E-state index in [1.807, 2.05) is 35.7 Å². The van der Waals surface area contributed by atoms with Crippen LogP contribution in [0.5, 0.6) is 0 Å². The minimum absolute atomic E-state index is 0.484. The molecular formula is C13H11ClO2S. The molecule has 4 heteroatoms. The van der Waals surface area contributed by atoms with E-state index in [2.05, 4.69) is 0 Å². The highest BCUT2D eigenvalue weighted by Gasteiger charge is 2.16. The summed E-state index contributed by atoms with van der Waals surface area (Å²) in [5, 5.41) is 11.5. The van der Waals surface area contributed by atoms with Crippen molar-refractivity contribution in [1.82, 2.24) is 0 Å². The van der Waals surface area contributed by atoms with E-state index in [0.717, 1.165) is 16.0 Å². The Morgan fingerprint density at radius 3 is 2.76 bits per heavy atom. The van der Waals surface area contributed by atoms with Gasteiger partial charge in [-0.1, -0.05) is 29.8 Å². The van der Waals surface area contributed by atoms with E-state index >= 15 is 0 Å². The molecule has 2 aromatic rings. The van der Waals surface area contributed by atoms with E-state index in [1.165, 1.54) is 11.3 Å². The molecule has 2 rings (SSSR count). The van der Waals surface area contributed by atoms with E-state index < -0.39 is 11.9 Å². The summed E-state index contributed by atoms with van der Waals surface area (Å²) in [6, 6.07) is 9.45. The van der Waals surface area contributed by atoms with E-state index in [1.54, 1.807) is 6.92 Å². The Morgan fingerprint density at radius 2 is 2.12 bits per heavy atom. The molecule has 0 aliphatic rings. The van der Waals surface area contributed by atoms with Crippen LogP contribution in [0.15, 0.2) is 35.7 Å². The second kappa shape index (κ2) is 4.90. The van der Waals surface area contributed by atoms with Gasteiger partial charge in [0.25, 0.3) is 0 Å². The molecule has 0 saturated heterocycles.